The largest absolute Gasteiger partial charge is 0.292 e. The Bertz CT molecular complexity index is 348. The smallest absolute Gasteiger partial charge is 0.0460 e. The van der Waals surface area contributed by atoms with Gasteiger partial charge >= 0.3 is 0 Å². The van der Waals surface area contributed by atoms with Gasteiger partial charge in [0.25, 0.3) is 0 Å². The van der Waals surface area contributed by atoms with Crippen LogP contribution in [0.2, 0.25) is 0 Å². The lowest BCUT2D eigenvalue weighted by Gasteiger charge is -2.11. The molecule has 1 aliphatic rings. The highest BCUT2D eigenvalue weighted by Crippen LogP contribution is 2.18. The molecule has 0 aromatic heterocycles. The van der Waals surface area contributed by atoms with Crippen LogP contribution in [0.4, 0.5) is 0 Å². The third-order valence-electron chi connectivity index (χ3n) is 2.15. The van der Waals surface area contributed by atoms with Crippen molar-refractivity contribution >= 4 is 11.8 Å². The zero-order valence-corrected chi connectivity index (χ0v) is 7.12. The first-order valence-corrected chi connectivity index (χ1v) is 4.13. The van der Waals surface area contributed by atoms with Gasteiger partial charge in [0.2, 0.25) is 0 Å². The normalized spacial score (nSPS) is 17.9. The highest BCUT2D eigenvalue weighted by Gasteiger charge is 2.08. The number of hydrogen-bond acceptors (Lipinski definition) is 1. The molecule has 0 N–H and O–H groups in total. The molecule has 1 nitrogen and oxygen atoms in total. The van der Waals surface area contributed by atoms with Crippen molar-refractivity contribution in [1.29, 1.82) is 0 Å². The molecular formula is C11H11N. The lowest BCUT2D eigenvalue weighted by atomic mass is 9.96. The van der Waals surface area contributed by atoms with Crippen molar-refractivity contribution in [3.63, 3.8) is 0 Å². The van der Waals surface area contributed by atoms with E-state index >= 15 is 0 Å². The molecular weight excluding hydrogens is 146 g/mol. The first kappa shape index (κ1) is 7.29. The summed E-state index contributed by atoms with van der Waals surface area (Å²) >= 11 is 0. The maximum absolute atomic E-state index is 4.25. The minimum absolute atomic E-state index is 0.966. The SMILES string of the molecule is C/N=C1\CC=Cc2ccccc21. The monoisotopic (exact) mass is 157 g/mol. The first-order valence-electron chi connectivity index (χ1n) is 4.13. The van der Waals surface area contributed by atoms with Gasteiger partial charge in [0.15, 0.2) is 0 Å². The molecule has 1 heteroatoms. The van der Waals surface area contributed by atoms with Gasteiger partial charge in [-0.25, -0.2) is 0 Å². The molecule has 0 saturated carbocycles. The molecule has 0 bridgehead atoms. The maximum atomic E-state index is 4.25. The van der Waals surface area contributed by atoms with Crippen molar-refractivity contribution in [2.24, 2.45) is 4.99 Å². The molecule has 0 fully saturated rings. The second kappa shape index (κ2) is 2.94. The maximum Gasteiger partial charge on any atom is 0.0460 e. The van der Waals surface area contributed by atoms with E-state index in [0.29, 0.717) is 0 Å². The lowest BCUT2D eigenvalue weighted by molar-refractivity contribution is 1.32. The third-order valence-corrected chi connectivity index (χ3v) is 2.15. The number of rotatable bonds is 0. The van der Waals surface area contributed by atoms with Gasteiger partial charge in [-0.3, -0.25) is 4.99 Å². The molecule has 1 aromatic rings. The number of aliphatic imine (C=N–C) groups is 1. The van der Waals surface area contributed by atoms with Crippen molar-refractivity contribution in [2.45, 2.75) is 6.42 Å². The van der Waals surface area contributed by atoms with Crippen LogP contribution in [0.1, 0.15) is 17.5 Å². The summed E-state index contributed by atoms with van der Waals surface area (Å²) in [6, 6.07) is 8.36. The number of benzene rings is 1. The molecule has 0 heterocycles. The van der Waals surface area contributed by atoms with E-state index < -0.39 is 0 Å². The molecule has 2 rings (SSSR count). The highest BCUT2D eigenvalue weighted by molar-refractivity contribution is 6.06. The van der Waals surface area contributed by atoms with Crippen molar-refractivity contribution in [2.75, 3.05) is 7.05 Å². The Morgan fingerprint density at radius 2 is 2.08 bits per heavy atom. The van der Waals surface area contributed by atoms with Gasteiger partial charge in [-0.05, 0) is 5.56 Å². The van der Waals surface area contributed by atoms with Gasteiger partial charge in [-0.2, -0.15) is 0 Å². The van der Waals surface area contributed by atoms with Gasteiger partial charge in [0.1, 0.15) is 0 Å². The average molecular weight is 157 g/mol. The van der Waals surface area contributed by atoms with E-state index in [1.54, 1.807) is 0 Å². The molecule has 0 spiro atoms. The quantitative estimate of drug-likeness (QED) is 0.548. The van der Waals surface area contributed by atoms with Crippen molar-refractivity contribution in [3.8, 4) is 0 Å². The van der Waals surface area contributed by atoms with E-state index in [1.165, 1.54) is 16.8 Å². The summed E-state index contributed by atoms with van der Waals surface area (Å²) in [5.74, 6) is 0. The predicted molar refractivity (Wildman–Crippen MR) is 52.6 cm³/mol. The fraction of sp³-hybridized carbons (Fsp3) is 0.182. The van der Waals surface area contributed by atoms with Crippen molar-refractivity contribution < 1.29 is 0 Å². The Labute approximate surface area is 72.5 Å². The summed E-state index contributed by atoms with van der Waals surface area (Å²) in [6.45, 7) is 0. The van der Waals surface area contributed by atoms with Gasteiger partial charge < -0.3 is 0 Å². The first-order chi connectivity index (χ1) is 5.92. The minimum atomic E-state index is 0.966. The van der Waals surface area contributed by atoms with Crippen LogP contribution in [-0.4, -0.2) is 12.8 Å². The number of nitrogens with zero attached hydrogens (tertiary/aromatic N) is 1. The highest BCUT2D eigenvalue weighted by atomic mass is 14.7. The summed E-state index contributed by atoms with van der Waals surface area (Å²) in [7, 11) is 1.85. The molecule has 0 aliphatic heterocycles. The summed E-state index contributed by atoms with van der Waals surface area (Å²) in [5.41, 5.74) is 3.75. The number of allylic oxidation sites excluding steroid dienone is 1. The summed E-state index contributed by atoms with van der Waals surface area (Å²) in [6.07, 6.45) is 5.28. The van der Waals surface area contributed by atoms with E-state index in [1.807, 2.05) is 7.05 Å². The van der Waals surface area contributed by atoms with Crippen molar-refractivity contribution in [1.82, 2.24) is 0 Å². The number of fused-ring (bicyclic) bond motifs is 1. The third kappa shape index (κ3) is 1.07. The second-order valence-corrected chi connectivity index (χ2v) is 2.86. The zero-order valence-electron chi connectivity index (χ0n) is 7.12. The van der Waals surface area contributed by atoms with Crippen LogP contribution in [0.5, 0.6) is 0 Å². The van der Waals surface area contributed by atoms with Crippen LogP contribution < -0.4 is 0 Å². The fourth-order valence-electron chi connectivity index (χ4n) is 1.52. The standard InChI is InChI=1S/C11H11N/c1-12-11-8-4-6-9-5-2-3-7-10(9)11/h2-7H,8H2,1H3/b12-11+. The Balaban J connectivity index is 2.60. The van der Waals surface area contributed by atoms with Crippen LogP contribution in [0, 0.1) is 0 Å². The van der Waals surface area contributed by atoms with Crippen LogP contribution in [0.3, 0.4) is 0 Å². The number of hydrogen-bond donors (Lipinski definition) is 0. The molecule has 1 aromatic carbocycles. The van der Waals surface area contributed by atoms with Crippen LogP contribution in [0.25, 0.3) is 6.08 Å². The topological polar surface area (TPSA) is 12.4 Å². The summed E-state index contributed by atoms with van der Waals surface area (Å²) < 4.78 is 0. The molecule has 0 radical (unpaired) electrons. The van der Waals surface area contributed by atoms with Gasteiger partial charge in [0, 0.05) is 24.7 Å². The van der Waals surface area contributed by atoms with Crippen LogP contribution >= 0.6 is 0 Å². The van der Waals surface area contributed by atoms with E-state index in [9.17, 15) is 0 Å². The second-order valence-electron chi connectivity index (χ2n) is 2.86. The summed E-state index contributed by atoms with van der Waals surface area (Å²) in [5, 5.41) is 0. The Kier molecular flexibility index (Phi) is 1.78. The molecule has 1 aliphatic carbocycles. The fourth-order valence-corrected chi connectivity index (χ4v) is 1.52. The molecule has 0 saturated heterocycles. The molecule has 60 valence electrons. The van der Waals surface area contributed by atoms with Crippen molar-refractivity contribution in [3.05, 3.63) is 41.5 Å². The van der Waals surface area contributed by atoms with Gasteiger partial charge in [0.05, 0.1) is 0 Å². The van der Waals surface area contributed by atoms with Crippen LogP contribution in [0.15, 0.2) is 35.3 Å². The Morgan fingerprint density at radius 1 is 1.25 bits per heavy atom. The van der Waals surface area contributed by atoms with Gasteiger partial charge in [-0.15, -0.1) is 0 Å². The van der Waals surface area contributed by atoms with E-state index in [0.717, 1.165) is 6.42 Å². The van der Waals surface area contributed by atoms with Gasteiger partial charge in [-0.1, -0.05) is 36.4 Å². The zero-order chi connectivity index (χ0) is 8.39. The Morgan fingerprint density at radius 3 is 2.92 bits per heavy atom. The molecule has 12 heavy (non-hydrogen) atoms. The minimum Gasteiger partial charge on any atom is -0.292 e. The van der Waals surface area contributed by atoms with Crippen LogP contribution in [-0.2, 0) is 0 Å². The Hall–Kier alpha value is -1.37. The van der Waals surface area contributed by atoms with E-state index in [-0.39, 0.29) is 0 Å². The molecule has 0 unspecified atom stereocenters. The predicted octanol–water partition coefficient (Wildman–Crippen LogP) is 2.52. The average Bonchev–Trinajstić information content (AvgIpc) is 2.17. The summed E-state index contributed by atoms with van der Waals surface area (Å²) in [4.78, 5) is 4.25. The van der Waals surface area contributed by atoms with E-state index in [4.69, 9.17) is 0 Å². The lowest BCUT2D eigenvalue weighted by Crippen LogP contribution is -2.04. The molecule has 0 atom stereocenters. The van der Waals surface area contributed by atoms with E-state index in [2.05, 4.69) is 41.4 Å². The molecule has 0 amide bonds.